The number of carbonyl (C=O) groups excluding carboxylic acids is 1. The number of aryl methyl sites for hydroxylation is 1. The van der Waals surface area contributed by atoms with Gasteiger partial charge in [0, 0.05) is 40.3 Å². The van der Waals surface area contributed by atoms with Gasteiger partial charge in [-0.15, -0.1) is 11.3 Å². The van der Waals surface area contributed by atoms with Gasteiger partial charge in [0.05, 0.1) is 12.7 Å². The summed E-state index contributed by atoms with van der Waals surface area (Å²) in [5.41, 5.74) is 7.42. The first-order valence-electron chi connectivity index (χ1n) is 14.0. The van der Waals surface area contributed by atoms with Gasteiger partial charge in [0.15, 0.2) is 0 Å². The minimum absolute atomic E-state index is 0.186. The minimum atomic E-state index is -0.569. The summed E-state index contributed by atoms with van der Waals surface area (Å²) in [5, 5.41) is 14.4. The second-order valence-electron chi connectivity index (χ2n) is 11.2. The molecule has 10 heteroatoms. The van der Waals surface area contributed by atoms with E-state index in [4.69, 9.17) is 11.1 Å². The van der Waals surface area contributed by atoms with Gasteiger partial charge < -0.3 is 21.8 Å². The van der Waals surface area contributed by atoms with Crippen molar-refractivity contribution in [1.29, 1.82) is 5.41 Å². The highest BCUT2D eigenvalue weighted by molar-refractivity contribution is 7.19. The molecule has 1 unspecified atom stereocenters. The summed E-state index contributed by atoms with van der Waals surface area (Å²) in [6.45, 7) is 11.9. The number of anilines is 2. The summed E-state index contributed by atoms with van der Waals surface area (Å²) >= 11 is 1.56. The van der Waals surface area contributed by atoms with Crippen LogP contribution in [0.25, 0.3) is 10.1 Å². The van der Waals surface area contributed by atoms with Crippen molar-refractivity contribution in [2.75, 3.05) is 17.6 Å². The van der Waals surface area contributed by atoms with Gasteiger partial charge in [-0.1, -0.05) is 40.2 Å². The Morgan fingerprint density at radius 3 is 2.70 bits per heavy atom. The van der Waals surface area contributed by atoms with E-state index in [0.29, 0.717) is 48.7 Å². The first-order valence-corrected chi connectivity index (χ1v) is 14.8. The van der Waals surface area contributed by atoms with Crippen LogP contribution in [0.2, 0.25) is 0 Å². The Labute approximate surface area is 240 Å². The van der Waals surface area contributed by atoms with Crippen LogP contribution in [0.3, 0.4) is 0 Å². The third-order valence-corrected chi connectivity index (χ3v) is 7.85. The molecule has 0 spiro atoms. The van der Waals surface area contributed by atoms with Gasteiger partial charge in [-0.05, 0) is 55.7 Å². The Kier molecular flexibility index (Phi) is 11.0. The van der Waals surface area contributed by atoms with Crippen molar-refractivity contribution in [3.8, 4) is 0 Å². The summed E-state index contributed by atoms with van der Waals surface area (Å²) in [5.74, 6) is 0.915. The third-order valence-electron chi connectivity index (χ3n) is 6.75. The quantitative estimate of drug-likeness (QED) is 0.179. The standard InChI is InChI=1S/C23H27N7O2S.C7H16/c1-2-14(10-24)4-3-7-26-17-13-28-21-6-5-18(30(21)23(17)32)22(31)29-12-16-8-15-11-27-20(25)9-19(15)33-16;1-5-6-7(2,3)4/h2,8-11,13,18,24,26H,3-7,12H2,1H3,(H2,25,27)(H,29,31);5-6H2,1-4H3/b14-2-,24-10?;. The third kappa shape index (κ3) is 8.48. The molecule has 3 aromatic heterocycles. The highest BCUT2D eigenvalue weighted by Gasteiger charge is 2.31. The molecule has 1 aliphatic heterocycles. The summed E-state index contributed by atoms with van der Waals surface area (Å²) in [6.07, 6.45) is 11.9. The number of hydrogen-bond acceptors (Lipinski definition) is 8. The number of nitrogens with one attached hydrogen (secondary N) is 3. The van der Waals surface area contributed by atoms with Crippen LogP contribution in [0.15, 0.2) is 41.0 Å². The lowest BCUT2D eigenvalue weighted by Crippen LogP contribution is -2.36. The number of nitrogens with zero attached hydrogens (tertiary/aromatic N) is 3. The zero-order valence-corrected chi connectivity index (χ0v) is 25.2. The molecular formula is C30H43N7O2S. The maximum atomic E-state index is 13.1. The van der Waals surface area contributed by atoms with Crippen molar-refractivity contribution in [3.05, 3.63) is 57.2 Å². The van der Waals surface area contributed by atoms with Crippen LogP contribution >= 0.6 is 11.3 Å². The molecule has 0 aliphatic carbocycles. The number of carbonyl (C=O) groups is 1. The highest BCUT2D eigenvalue weighted by Crippen LogP contribution is 2.27. The number of nitrogens with two attached hydrogens (primary N) is 1. The maximum Gasteiger partial charge on any atom is 0.277 e. The van der Waals surface area contributed by atoms with Crippen molar-refractivity contribution in [2.24, 2.45) is 5.41 Å². The minimum Gasteiger partial charge on any atom is -0.384 e. The monoisotopic (exact) mass is 565 g/mol. The Hall–Kier alpha value is -3.53. The number of nitrogen functional groups attached to an aromatic ring is 1. The van der Waals surface area contributed by atoms with Crippen molar-refractivity contribution in [2.45, 2.75) is 85.7 Å². The molecule has 5 N–H and O–H groups in total. The van der Waals surface area contributed by atoms with E-state index >= 15 is 0 Å². The number of amides is 1. The molecule has 1 amide bonds. The fraction of sp³-hybridized carbons (Fsp3) is 0.500. The summed E-state index contributed by atoms with van der Waals surface area (Å²) in [7, 11) is 0. The number of aromatic nitrogens is 3. The van der Waals surface area contributed by atoms with E-state index < -0.39 is 6.04 Å². The number of pyridine rings is 1. The lowest BCUT2D eigenvalue weighted by Gasteiger charge is -2.15. The number of fused-ring (bicyclic) bond motifs is 2. The number of allylic oxidation sites excluding steroid dienone is 2. The van der Waals surface area contributed by atoms with Gasteiger partial charge in [0.1, 0.15) is 23.4 Å². The molecule has 40 heavy (non-hydrogen) atoms. The Bertz CT molecular complexity index is 1400. The van der Waals surface area contributed by atoms with Gasteiger partial charge in [0.25, 0.3) is 5.56 Å². The van der Waals surface area contributed by atoms with Gasteiger partial charge in [-0.2, -0.15) is 0 Å². The predicted octanol–water partition coefficient (Wildman–Crippen LogP) is 5.86. The molecule has 216 valence electrons. The molecule has 4 rings (SSSR count). The van der Waals surface area contributed by atoms with Crippen LogP contribution < -0.4 is 21.9 Å². The van der Waals surface area contributed by atoms with E-state index in [1.807, 2.05) is 25.1 Å². The molecule has 1 atom stereocenters. The number of rotatable bonds is 10. The zero-order valence-electron chi connectivity index (χ0n) is 24.3. The van der Waals surface area contributed by atoms with Gasteiger partial charge >= 0.3 is 0 Å². The second kappa shape index (κ2) is 14.2. The van der Waals surface area contributed by atoms with Crippen LogP contribution in [0.5, 0.6) is 0 Å². The van der Waals surface area contributed by atoms with E-state index in [2.05, 4.69) is 48.3 Å². The molecule has 0 saturated heterocycles. The van der Waals surface area contributed by atoms with Crippen molar-refractivity contribution < 1.29 is 4.79 Å². The molecule has 1 aliphatic rings. The first-order chi connectivity index (χ1) is 19.1. The molecule has 0 bridgehead atoms. The van der Waals surface area contributed by atoms with Crippen LogP contribution in [-0.4, -0.2) is 33.2 Å². The number of hydrogen-bond donors (Lipinski definition) is 4. The summed E-state index contributed by atoms with van der Waals surface area (Å²) in [4.78, 5) is 35.5. The lowest BCUT2D eigenvalue weighted by atomic mass is 9.91. The van der Waals surface area contributed by atoms with Crippen molar-refractivity contribution in [3.63, 3.8) is 0 Å². The van der Waals surface area contributed by atoms with Crippen LogP contribution in [-0.2, 0) is 17.8 Å². The van der Waals surface area contributed by atoms with Crippen molar-refractivity contribution >= 4 is 45.0 Å². The maximum absolute atomic E-state index is 13.1. The molecule has 9 nitrogen and oxygen atoms in total. The zero-order chi connectivity index (χ0) is 29.3. The average Bonchev–Trinajstić information content (AvgIpc) is 3.52. The molecule has 0 radical (unpaired) electrons. The van der Waals surface area contributed by atoms with Gasteiger partial charge in [-0.3, -0.25) is 14.2 Å². The molecule has 0 saturated carbocycles. The fourth-order valence-electron chi connectivity index (χ4n) is 4.72. The van der Waals surface area contributed by atoms with E-state index in [-0.39, 0.29) is 11.5 Å². The molecule has 0 fully saturated rings. The predicted molar refractivity (Wildman–Crippen MR) is 166 cm³/mol. The average molecular weight is 566 g/mol. The molecule has 4 heterocycles. The smallest absolute Gasteiger partial charge is 0.277 e. The SMILES string of the molecule is C/C=C(\C=N)CCCNc1cnc2n(c1=O)C(C(=O)NCc1cc3cnc(N)cc3s1)CC2.CCCC(C)(C)C. The van der Waals surface area contributed by atoms with Gasteiger partial charge in [-0.25, -0.2) is 9.97 Å². The highest BCUT2D eigenvalue weighted by atomic mass is 32.1. The summed E-state index contributed by atoms with van der Waals surface area (Å²) < 4.78 is 2.54. The Balaban J connectivity index is 0.000000559. The van der Waals surface area contributed by atoms with Crippen molar-refractivity contribution in [1.82, 2.24) is 19.9 Å². The first kappa shape index (κ1) is 31.0. The van der Waals surface area contributed by atoms with E-state index in [0.717, 1.165) is 33.4 Å². The molecular weight excluding hydrogens is 522 g/mol. The normalized spacial score (nSPS) is 14.8. The van der Waals surface area contributed by atoms with Crippen LogP contribution in [0.4, 0.5) is 11.5 Å². The summed E-state index contributed by atoms with van der Waals surface area (Å²) in [6, 6.07) is 3.24. The molecule has 3 aromatic rings. The second-order valence-corrected chi connectivity index (χ2v) is 12.4. The lowest BCUT2D eigenvalue weighted by molar-refractivity contribution is -0.124. The van der Waals surface area contributed by atoms with E-state index in [1.54, 1.807) is 23.7 Å². The Morgan fingerprint density at radius 1 is 1.27 bits per heavy atom. The largest absolute Gasteiger partial charge is 0.384 e. The van der Waals surface area contributed by atoms with Crippen LogP contribution in [0.1, 0.15) is 83.5 Å². The van der Waals surface area contributed by atoms with E-state index in [9.17, 15) is 9.59 Å². The van der Waals surface area contributed by atoms with E-state index in [1.165, 1.54) is 23.6 Å². The molecule has 0 aromatic carbocycles. The number of thiophene rings is 1. The van der Waals surface area contributed by atoms with Crippen LogP contribution in [0, 0.1) is 10.8 Å². The topological polar surface area (TPSA) is 139 Å². The Morgan fingerprint density at radius 2 is 2.05 bits per heavy atom. The van der Waals surface area contributed by atoms with Gasteiger partial charge in [0.2, 0.25) is 5.91 Å². The fourth-order valence-corrected chi connectivity index (χ4v) is 5.74.